The molecule has 3 atom stereocenters. The smallest absolute Gasteiger partial charge is 0.326 e. The van der Waals surface area contributed by atoms with Crippen LogP contribution in [0.1, 0.15) is 18.6 Å². The topological polar surface area (TPSA) is 128 Å². The number of carboxylic acid groups (broad SMARTS) is 1. The zero-order valence-electron chi connectivity index (χ0n) is 15.5. The van der Waals surface area contributed by atoms with Crippen LogP contribution in [-0.2, 0) is 33.4 Å². The van der Waals surface area contributed by atoms with Gasteiger partial charge in [-0.25, -0.2) is 4.79 Å². The standard InChI is InChI=1S/C18H23NO8/c1-10(12(17(23)26-3)18(24)27-4)13(16(21)22)19-15(20)14(25-2)11-8-6-5-7-9-11/h5-10,12-14H,1-4H3,(H,19,20)(H,21,22)/t10-,13+,14-/m1/s1. The van der Waals surface area contributed by atoms with Crippen molar-refractivity contribution in [1.29, 1.82) is 0 Å². The highest BCUT2D eigenvalue weighted by Crippen LogP contribution is 2.22. The minimum absolute atomic E-state index is 0.520. The lowest BCUT2D eigenvalue weighted by molar-refractivity contribution is -0.163. The predicted octanol–water partition coefficient (Wildman–Crippen LogP) is 0.542. The van der Waals surface area contributed by atoms with Gasteiger partial charge < -0.3 is 24.6 Å². The van der Waals surface area contributed by atoms with E-state index in [9.17, 15) is 24.3 Å². The lowest BCUT2D eigenvalue weighted by Crippen LogP contribution is -2.51. The van der Waals surface area contributed by atoms with Crippen LogP contribution in [0.15, 0.2) is 30.3 Å². The molecule has 27 heavy (non-hydrogen) atoms. The van der Waals surface area contributed by atoms with Crippen LogP contribution in [0, 0.1) is 11.8 Å². The Kier molecular flexibility index (Phi) is 8.40. The second-order valence-electron chi connectivity index (χ2n) is 5.73. The summed E-state index contributed by atoms with van der Waals surface area (Å²) >= 11 is 0. The van der Waals surface area contributed by atoms with Crippen molar-refractivity contribution in [3.05, 3.63) is 35.9 Å². The fourth-order valence-corrected chi connectivity index (χ4v) is 2.64. The van der Waals surface area contributed by atoms with E-state index in [1.165, 1.54) is 14.0 Å². The second kappa shape index (κ2) is 10.3. The molecule has 9 heteroatoms. The molecule has 1 amide bonds. The van der Waals surface area contributed by atoms with Crippen molar-refractivity contribution >= 4 is 23.8 Å². The molecule has 0 radical (unpaired) electrons. The van der Waals surface area contributed by atoms with Crippen LogP contribution in [-0.4, -0.2) is 56.3 Å². The monoisotopic (exact) mass is 381 g/mol. The average Bonchev–Trinajstić information content (AvgIpc) is 2.66. The molecule has 0 saturated heterocycles. The van der Waals surface area contributed by atoms with Crippen LogP contribution in [0.3, 0.4) is 0 Å². The van der Waals surface area contributed by atoms with Crippen molar-refractivity contribution in [3.63, 3.8) is 0 Å². The van der Waals surface area contributed by atoms with Crippen LogP contribution in [0.25, 0.3) is 0 Å². The van der Waals surface area contributed by atoms with Crippen LogP contribution in [0.2, 0.25) is 0 Å². The number of carbonyl (C=O) groups excluding carboxylic acids is 3. The van der Waals surface area contributed by atoms with Crippen LogP contribution < -0.4 is 5.32 Å². The number of hydrogen-bond donors (Lipinski definition) is 2. The summed E-state index contributed by atoms with van der Waals surface area (Å²) in [5.74, 6) is -6.71. The summed E-state index contributed by atoms with van der Waals surface area (Å²) in [6.45, 7) is 1.34. The minimum atomic E-state index is -1.55. The number of amides is 1. The Bertz CT molecular complexity index is 659. The Morgan fingerprint density at radius 2 is 1.48 bits per heavy atom. The molecule has 1 aromatic carbocycles. The number of carboxylic acids is 1. The van der Waals surface area contributed by atoms with Gasteiger partial charge >= 0.3 is 17.9 Å². The Morgan fingerprint density at radius 3 is 1.89 bits per heavy atom. The zero-order valence-corrected chi connectivity index (χ0v) is 15.5. The SMILES string of the molecule is COC(=O)C(C(=O)OC)[C@@H](C)[C@H](NC(=O)[C@H](OC)c1ccccc1)C(=O)O. The van der Waals surface area contributed by atoms with Gasteiger partial charge in [-0.2, -0.15) is 0 Å². The molecular formula is C18H23NO8. The molecule has 0 unspecified atom stereocenters. The Labute approximate surface area is 156 Å². The molecule has 0 aliphatic heterocycles. The average molecular weight is 381 g/mol. The summed E-state index contributed by atoms with van der Waals surface area (Å²) in [5.41, 5.74) is 0.520. The van der Waals surface area contributed by atoms with Gasteiger partial charge in [0.1, 0.15) is 6.04 Å². The fourth-order valence-electron chi connectivity index (χ4n) is 2.64. The predicted molar refractivity (Wildman–Crippen MR) is 92.4 cm³/mol. The number of nitrogens with one attached hydrogen (secondary N) is 1. The first-order valence-corrected chi connectivity index (χ1v) is 8.05. The van der Waals surface area contributed by atoms with E-state index >= 15 is 0 Å². The maximum Gasteiger partial charge on any atom is 0.326 e. The maximum atomic E-state index is 12.6. The highest BCUT2D eigenvalue weighted by Gasteiger charge is 2.42. The van der Waals surface area contributed by atoms with Crippen LogP contribution >= 0.6 is 0 Å². The number of benzene rings is 1. The Hall–Kier alpha value is -2.94. The molecule has 0 heterocycles. The Morgan fingerprint density at radius 1 is 0.963 bits per heavy atom. The number of rotatable bonds is 9. The molecule has 0 aliphatic rings. The third-order valence-electron chi connectivity index (χ3n) is 4.10. The molecule has 148 valence electrons. The second-order valence-corrected chi connectivity index (χ2v) is 5.73. The molecule has 0 fully saturated rings. The highest BCUT2D eigenvalue weighted by molar-refractivity contribution is 5.96. The number of carbonyl (C=O) groups is 4. The van der Waals surface area contributed by atoms with E-state index in [0.29, 0.717) is 5.56 Å². The van der Waals surface area contributed by atoms with E-state index in [1.807, 2.05) is 0 Å². The zero-order chi connectivity index (χ0) is 20.6. The number of methoxy groups -OCH3 is 3. The third kappa shape index (κ3) is 5.52. The van der Waals surface area contributed by atoms with Gasteiger partial charge in [-0.1, -0.05) is 37.3 Å². The van der Waals surface area contributed by atoms with E-state index in [1.54, 1.807) is 30.3 Å². The Balaban J connectivity index is 3.09. The number of hydrogen-bond acceptors (Lipinski definition) is 7. The summed E-state index contributed by atoms with van der Waals surface area (Å²) in [6, 6.07) is 6.92. The first-order chi connectivity index (χ1) is 12.8. The summed E-state index contributed by atoms with van der Waals surface area (Å²) in [5, 5.41) is 11.8. The van der Waals surface area contributed by atoms with Gasteiger partial charge in [0.15, 0.2) is 12.0 Å². The van der Waals surface area contributed by atoms with Gasteiger partial charge in [-0.3, -0.25) is 14.4 Å². The number of ether oxygens (including phenoxy) is 3. The minimum Gasteiger partial charge on any atom is -0.480 e. The molecule has 0 bridgehead atoms. The molecule has 1 rings (SSSR count). The molecule has 0 aliphatic carbocycles. The quantitative estimate of drug-likeness (QED) is 0.469. The summed E-state index contributed by atoms with van der Waals surface area (Å²) in [6.07, 6.45) is -1.06. The van der Waals surface area contributed by atoms with Crippen molar-refractivity contribution in [2.75, 3.05) is 21.3 Å². The van der Waals surface area contributed by atoms with E-state index in [4.69, 9.17) is 4.74 Å². The summed E-state index contributed by atoms with van der Waals surface area (Å²) in [7, 11) is 3.44. The van der Waals surface area contributed by atoms with E-state index in [-0.39, 0.29) is 0 Å². The molecule has 2 N–H and O–H groups in total. The maximum absolute atomic E-state index is 12.6. The molecule has 0 aromatic heterocycles. The first-order valence-electron chi connectivity index (χ1n) is 8.05. The molecule has 0 saturated carbocycles. The van der Waals surface area contributed by atoms with Crippen LogP contribution in [0.5, 0.6) is 0 Å². The first kappa shape index (κ1) is 22.1. The molecular weight excluding hydrogens is 358 g/mol. The van der Waals surface area contributed by atoms with Crippen molar-refractivity contribution in [1.82, 2.24) is 5.32 Å². The van der Waals surface area contributed by atoms with Crippen molar-refractivity contribution in [3.8, 4) is 0 Å². The van der Waals surface area contributed by atoms with E-state index in [0.717, 1.165) is 14.2 Å². The van der Waals surface area contributed by atoms with Gasteiger partial charge in [-0.05, 0) is 5.56 Å². The number of aliphatic carboxylic acids is 1. The number of esters is 2. The third-order valence-corrected chi connectivity index (χ3v) is 4.10. The van der Waals surface area contributed by atoms with Crippen molar-refractivity contribution in [2.45, 2.75) is 19.1 Å². The lowest BCUT2D eigenvalue weighted by Gasteiger charge is -2.27. The van der Waals surface area contributed by atoms with Crippen LogP contribution in [0.4, 0.5) is 0 Å². The van der Waals surface area contributed by atoms with Gasteiger partial charge in [0.05, 0.1) is 14.2 Å². The fraction of sp³-hybridized carbons (Fsp3) is 0.444. The molecule has 9 nitrogen and oxygen atoms in total. The highest BCUT2D eigenvalue weighted by atomic mass is 16.5. The molecule has 0 spiro atoms. The van der Waals surface area contributed by atoms with Crippen molar-refractivity contribution in [2.24, 2.45) is 11.8 Å². The van der Waals surface area contributed by atoms with Gasteiger partial charge in [0.25, 0.3) is 5.91 Å². The largest absolute Gasteiger partial charge is 0.480 e. The van der Waals surface area contributed by atoms with Gasteiger partial charge in [0.2, 0.25) is 0 Å². The van der Waals surface area contributed by atoms with E-state index < -0.39 is 47.8 Å². The van der Waals surface area contributed by atoms with Gasteiger partial charge in [0, 0.05) is 13.0 Å². The van der Waals surface area contributed by atoms with E-state index in [2.05, 4.69) is 14.8 Å². The summed E-state index contributed by atoms with van der Waals surface area (Å²) < 4.78 is 14.3. The lowest BCUT2D eigenvalue weighted by atomic mass is 9.87. The van der Waals surface area contributed by atoms with Crippen molar-refractivity contribution < 1.29 is 38.5 Å². The molecule has 1 aromatic rings. The van der Waals surface area contributed by atoms with Gasteiger partial charge in [-0.15, -0.1) is 0 Å². The summed E-state index contributed by atoms with van der Waals surface area (Å²) in [4.78, 5) is 48.1. The normalized spacial score (nSPS) is 14.0.